The molecule has 0 radical (unpaired) electrons. The van der Waals surface area contributed by atoms with Gasteiger partial charge in [0.1, 0.15) is 5.75 Å². The number of anilines is 1. The van der Waals surface area contributed by atoms with Gasteiger partial charge in [0.2, 0.25) is 0 Å². The van der Waals surface area contributed by atoms with Gasteiger partial charge < -0.3 is 30.3 Å². The molecule has 38 heavy (non-hydrogen) atoms. The number of hydrogen-bond donors (Lipinski definition) is 3. The second-order valence-corrected chi connectivity index (χ2v) is 8.39. The lowest BCUT2D eigenvalue weighted by Crippen LogP contribution is -2.47. The average Bonchev–Trinajstić information content (AvgIpc) is 2.88. The third-order valence-electron chi connectivity index (χ3n) is 5.76. The van der Waals surface area contributed by atoms with Gasteiger partial charge in [-0.3, -0.25) is 9.59 Å². The van der Waals surface area contributed by atoms with E-state index >= 15 is 0 Å². The molecule has 13 heteroatoms. The molecular formula is C25H30ClF3N4O5. The third kappa shape index (κ3) is 9.75. The summed E-state index contributed by atoms with van der Waals surface area (Å²) in [6.45, 7) is 1.93. The van der Waals surface area contributed by atoms with Crippen LogP contribution in [0.25, 0.3) is 0 Å². The second-order valence-electron chi connectivity index (χ2n) is 8.39. The lowest BCUT2D eigenvalue weighted by atomic mass is 10.0. The summed E-state index contributed by atoms with van der Waals surface area (Å²) >= 11 is 0. The Balaban J connectivity index is 0.00000507. The number of nitrogens with zero attached hydrogens (tertiary/aromatic N) is 1. The van der Waals surface area contributed by atoms with E-state index in [9.17, 15) is 27.6 Å². The van der Waals surface area contributed by atoms with E-state index in [0.717, 1.165) is 43.6 Å². The number of carbonyl (C=O) groups is 3. The number of methoxy groups -OCH3 is 1. The van der Waals surface area contributed by atoms with Gasteiger partial charge in [0, 0.05) is 30.4 Å². The summed E-state index contributed by atoms with van der Waals surface area (Å²) in [5.41, 5.74) is 1.54. The quantitative estimate of drug-likeness (QED) is 0.400. The Morgan fingerprint density at radius 1 is 1.03 bits per heavy atom. The van der Waals surface area contributed by atoms with E-state index in [-0.39, 0.29) is 55.6 Å². The second kappa shape index (κ2) is 14.4. The topological polar surface area (TPSA) is 109 Å². The summed E-state index contributed by atoms with van der Waals surface area (Å²) < 4.78 is 45.6. The minimum absolute atomic E-state index is 0. The monoisotopic (exact) mass is 558 g/mol. The van der Waals surface area contributed by atoms with Crippen LogP contribution < -0.4 is 20.7 Å². The first kappa shape index (κ1) is 30.7. The number of piperidine rings is 1. The Labute approximate surface area is 224 Å². The van der Waals surface area contributed by atoms with Crippen molar-refractivity contribution in [1.82, 2.24) is 15.5 Å². The lowest BCUT2D eigenvalue weighted by Gasteiger charge is -2.35. The van der Waals surface area contributed by atoms with E-state index in [1.54, 1.807) is 29.2 Å². The zero-order valence-corrected chi connectivity index (χ0v) is 21.5. The van der Waals surface area contributed by atoms with Crippen molar-refractivity contribution in [2.24, 2.45) is 0 Å². The largest absolute Gasteiger partial charge is 0.573 e. The number of alkyl halides is 3. The zero-order valence-electron chi connectivity index (χ0n) is 20.7. The van der Waals surface area contributed by atoms with Crippen LogP contribution in [0.2, 0.25) is 0 Å². The zero-order chi connectivity index (χ0) is 26.8. The highest BCUT2D eigenvalue weighted by molar-refractivity contribution is 5.94. The Bertz CT molecular complexity index is 1060. The number of amides is 3. The number of benzene rings is 2. The van der Waals surface area contributed by atoms with Crippen molar-refractivity contribution < 1.29 is 37.0 Å². The molecule has 3 N–H and O–H groups in total. The van der Waals surface area contributed by atoms with Gasteiger partial charge >= 0.3 is 18.4 Å². The highest BCUT2D eigenvalue weighted by Crippen LogP contribution is 2.25. The van der Waals surface area contributed by atoms with Crippen LogP contribution in [0.5, 0.6) is 5.75 Å². The Morgan fingerprint density at radius 3 is 2.24 bits per heavy atom. The van der Waals surface area contributed by atoms with Gasteiger partial charge in [-0.2, -0.15) is 0 Å². The normalized spacial score (nSPS) is 13.6. The highest BCUT2D eigenvalue weighted by atomic mass is 35.5. The first-order chi connectivity index (χ1) is 17.6. The fourth-order valence-corrected chi connectivity index (χ4v) is 3.86. The van der Waals surface area contributed by atoms with Crippen molar-refractivity contribution in [2.75, 3.05) is 32.1 Å². The molecule has 0 aromatic heterocycles. The lowest BCUT2D eigenvalue weighted by molar-refractivity contribution is -0.274. The molecule has 1 fully saturated rings. The summed E-state index contributed by atoms with van der Waals surface area (Å²) in [6.07, 6.45) is -3.24. The van der Waals surface area contributed by atoms with Crippen LogP contribution in [0.1, 0.15) is 35.2 Å². The van der Waals surface area contributed by atoms with Crippen molar-refractivity contribution >= 4 is 36.0 Å². The molecule has 1 saturated heterocycles. The maximum atomic E-state index is 13.2. The number of hydrogen-bond acceptors (Lipinski definition) is 6. The predicted molar refractivity (Wildman–Crippen MR) is 136 cm³/mol. The smallest absolute Gasteiger partial charge is 0.469 e. The average molecular weight is 559 g/mol. The van der Waals surface area contributed by atoms with Crippen LogP contribution in [0.3, 0.4) is 0 Å². The number of esters is 1. The van der Waals surface area contributed by atoms with Crippen LogP contribution in [0.15, 0.2) is 48.5 Å². The SMILES string of the molecule is COC(=O)CCNC(=O)c1ccc(CN(C(=O)Nc2ccc(OC(F)(F)F)cc2)C2CCNCC2)cc1.Cl. The number of halogens is 4. The van der Waals surface area contributed by atoms with E-state index in [4.69, 9.17) is 0 Å². The molecule has 3 rings (SSSR count). The van der Waals surface area contributed by atoms with Crippen molar-refractivity contribution in [2.45, 2.75) is 38.2 Å². The molecule has 0 unspecified atom stereocenters. The summed E-state index contributed by atoms with van der Waals surface area (Å²) in [5, 5.41) is 8.65. The minimum Gasteiger partial charge on any atom is -0.469 e. The molecule has 2 aromatic rings. The van der Waals surface area contributed by atoms with Crippen LogP contribution in [-0.2, 0) is 16.1 Å². The van der Waals surface area contributed by atoms with E-state index in [0.29, 0.717) is 11.3 Å². The fourth-order valence-electron chi connectivity index (χ4n) is 3.86. The summed E-state index contributed by atoms with van der Waals surface area (Å²) in [4.78, 5) is 38.3. The first-order valence-corrected chi connectivity index (χ1v) is 11.7. The molecule has 2 aromatic carbocycles. The molecule has 0 spiro atoms. The third-order valence-corrected chi connectivity index (χ3v) is 5.76. The van der Waals surface area contributed by atoms with E-state index < -0.39 is 12.3 Å². The molecule has 0 saturated carbocycles. The number of nitrogens with one attached hydrogen (secondary N) is 3. The summed E-state index contributed by atoms with van der Waals surface area (Å²) in [6, 6.07) is 11.3. The van der Waals surface area contributed by atoms with E-state index in [1.165, 1.54) is 19.2 Å². The molecule has 0 bridgehead atoms. The van der Waals surface area contributed by atoms with Gasteiger partial charge in [-0.1, -0.05) is 12.1 Å². The first-order valence-electron chi connectivity index (χ1n) is 11.7. The maximum absolute atomic E-state index is 13.2. The number of urea groups is 1. The Morgan fingerprint density at radius 2 is 1.66 bits per heavy atom. The number of rotatable bonds is 9. The molecule has 1 aliphatic rings. The van der Waals surface area contributed by atoms with Gasteiger partial charge in [0.05, 0.1) is 13.5 Å². The van der Waals surface area contributed by atoms with Crippen molar-refractivity contribution in [3.05, 3.63) is 59.7 Å². The van der Waals surface area contributed by atoms with Gasteiger partial charge in [-0.15, -0.1) is 25.6 Å². The number of ether oxygens (including phenoxy) is 2. The molecule has 0 atom stereocenters. The van der Waals surface area contributed by atoms with Crippen LogP contribution in [-0.4, -0.2) is 62.0 Å². The number of carbonyl (C=O) groups excluding carboxylic acids is 3. The molecule has 1 heterocycles. The van der Waals surface area contributed by atoms with Crippen molar-refractivity contribution in [1.29, 1.82) is 0 Å². The van der Waals surface area contributed by atoms with E-state index in [2.05, 4.69) is 25.4 Å². The molecule has 9 nitrogen and oxygen atoms in total. The predicted octanol–water partition coefficient (Wildman–Crippen LogP) is 4.09. The van der Waals surface area contributed by atoms with Crippen molar-refractivity contribution in [3.63, 3.8) is 0 Å². The van der Waals surface area contributed by atoms with Crippen LogP contribution >= 0.6 is 12.4 Å². The van der Waals surface area contributed by atoms with Gasteiger partial charge in [0.25, 0.3) is 5.91 Å². The van der Waals surface area contributed by atoms with Gasteiger partial charge in [-0.05, 0) is 67.9 Å². The van der Waals surface area contributed by atoms with Crippen molar-refractivity contribution in [3.8, 4) is 5.75 Å². The fraction of sp³-hybridized carbons (Fsp3) is 0.400. The molecular weight excluding hydrogens is 529 g/mol. The van der Waals surface area contributed by atoms with E-state index in [1.807, 2.05) is 0 Å². The summed E-state index contributed by atoms with van der Waals surface area (Å²) in [5.74, 6) is -1.13. The van der Waals surface area contributed by atoms with Crippen LogP contribution in [0.4, 0.5) is 23.7 Å². The summed E-state index contributed by atoms with van der Waals surface area (Å²) in [7, 11) is 1.28. The molecule has 208 valence electrons. The van der Waals surface area contributed by atoms with Crippen LogP contribution in [0, 0.1) is 0 Å². The Hall–Kier alpha value is -3.51. The molecule has 3 amide bonds. The Kier molecular flexibility index (Phi) is 11.7. The highest BCUT2D eigenvalue weighted by Gasteiger charge is 2.31. The molecule has 0 aliphatic carbocycles. The standard InChI is InChI=1S/C25H29F3N4O5.ClH/c1-36-22(33)12-15-30-23(34)18-4-2-17(3-5-18)16-32(20-10-13-29-14-11-20)24(35)31-19-6-8-21(9-7-19)37-25(26,27)28;/h2-9,20,29H,10-16H2,1H3,(H,30,34)(H,31,35);1H. The maximum Gasteiger partial charge on any atom is 0.573 e. The van der Waals surface area contributed by atoms with Gasteiger partial charge in [-0.25, -0.2) is 4.79 Å². The molecule has 1 aliphatic heterocycles. The minimum atomic E-state index is -4.80. The van der Waals surface area contributed by atoms with Gasteiger partial charge in [0.15, 0.2) is 0 Å².